The van der Waals surface area contributed by atoms with Crippen molar-refractivity contribution in [1.29, 1.82) is 5.26 Å². The minimum Gasteiger partial charge on any atom is -0.337 e. The lowest BCUT2D eigenvalue weighted by atomic mass is 9.92. The van der Waals surface area contributed by atoms with E-state index in [1.165, 1.54) is 10.4 Å². The number of nitrogens with one attached hydrogen (secondary N) is 2. The van der Waals surface area contributed by atoms with Gasteiger partial charge in [-0.3, -0.25) is 10.1 Å². The summed E-state index contributed by atoms with van der Waals surface area (Å²) in [5.41, 5.74) is 1.75. The third-order valence-electron chi connectivity index (χ3n) is 5.57. The fraction of sp³-hybridized carbons (Fsp3) is 0.478. The molecule has 28 heavy (non-hydrogen) atoms. The molecule has 5 heteroatoms. The molecule has 1 amide bonds. The lowest BCUT2D eigenvalue weighted by Crippen LogP contribution is -2.50. The highest BCUT2D eigenvalue weighted by Gasteiger charge is 2.32. The fourth-order valence-electron chi connectivity index (χ4n) is 3.89. The maximum atomic E-state index is 12.7. The summed E-state index contributed by atoms with van der Waals surface area (Å²) in [4.78, 5) is 13.9. The van der Waals surface area contributed by atoms with Crippen LogP contribution in [-0.2, 0) is 11.2 Å². The Morgan fingerprint density at radius 2 is 1.89 bits per heavy atom. The first-order valence-electron chi connectivity index (χ1n) is 10.2. The van der Waals surface area contributed by atoms with Gasteiger partial charge in [-0.2, -0.15) is 5.26 Å². The molecule has 2 aromatic rings. The predicted octanol–water partition coefficient (Wildman–Crippen LogP) is 4.72. The Morgan fingerprint density at radius 3 is 2.46 bits per heavy atom. The van der Waals surface area contributed by atoms with Crippen molar-refractivity contribution in [2.75, 3.05) is 6.54 Å². The van der Waals surface area contributed by atoms with E-state index in [0.717, 1.165) is 50.5 Å². The van der Waals surface area contributed by atoms with Crippen molar-refractivity contribution >= 4 is 17.2 Å². The topological polar surface area (TPSA) is 64.9 Å². The first-order valence-corrected chi connectivity index (χ1v) is 11.1. The zero-order chi connectivity index (χ0) is 19.8. The normalized spacial score (nSPS) is 17.3. The summed E-state index contributed by atoms with van der Waals surface area (Å²) >= 11 is 1.68. The number of thiophene rings is 1. The summed E-state index contributed by atoms with van der Waals surface area (Å²) in [6.45, 7) is 2.34. The van der Waals surface area contributed by atoms with Crippen molar-refractivity contribution in [2.24, 2.45) is 0 Å². The van der Waals surface area contributed by atoms with Crippen LogP contribution in [0.3, 0.4) is 0 Å². The molecule has 1 heterocycles. The Labute approximate surface area is 172 Å². The van der Waals surface area contributed by atoms with Crippen molar-refractivity contribution in [2.45, 2.75) is 63.5 Å². The van der Waals surface area contributed by atoms with Crippen LogP contribution >= 0.6 is 11.3 Å². The lowest BCUT2D eigenvalue weighted by Gasteiger charge is -2.27. The minimum atomic E-state index is -0.698. The summed E-state index contributed by atoms with van der Waals surface area (Å²) in [5.74, 6) is -0.102. The molecule has 1 saturated carbocycles. The molecule has 1 aromatic carbocycles. The highest BCUT2D eigenvalue weighted by atomic mass is 32.1. The van der Waals surface area contributed by atoms with Gasteiger partial charge in [0.2, 0.25) is 5.91 Å². The zero-order valence-corrected chi connectivity index (χ0v) is 17.4. The van der Waals surface area contributed by atoms with Crippen LogP contribution in [0.4, 0.5) is 0 Å². The molecule has 1 aliphatic rings. The second-order valence-corrected chi connectivity index (χ2v) is 8.56. The second kappa shape index (κ2) is 9.86. The van der Waals surface area contributed by atoms with E-state index in [9.17, 15) is 10.1 Å². The van der Waals surface area contributed by atoms with Crippen molar-refractivity contribution in [3.63, 3.8) is 0 Å². The van der Waals surface area contributed by atoms with E-state index in [1.807, 2.05) is 6.07 Å². The third-order valence-corrected chi connectivity index (χ3v) is 6.50. The van der Waals surface area contributed by atoms with E-state index in [0.29, 0.717) is 0 Å². The van der Waals surface area contributed by atoms with Gasteiger partial charge in [0.1, 0.15) is 5.54 Å². The van der Waals surface area contributed by atoms with E-state index in [-0.39, 0.29) is 18.5 Å². The fourth-order valence-corrected chi connectivity index (χ4v) is 4.71. The van der Waals surface area contributed by atoms with Gasteiger partial charge >= 0.3 is 0 Å². The van der Waals surface area contributed by atoms with Gasteiger partial charge in [0, 0.05) is 4.88 Å². The van der Waals surface area contributed by atoms with Gasteiger partial charge in [0.15, 0.2) is 0 Å². The molecule has 1 aliphatic carbocycles. The monoisotopic (exact) mass is 395 g/mol. The molecule has 0 saturated heterocycles. The number of nitriles is 1. The molecule has 148 valence electrons. The Bertz CT molecular complexity index is 784. The number of hydrogen-bond donors (Lipinski definition) is 2. The molecule has 2 N–H and O–H groups in total. The van der Waals surface area contributed by atoms with Crippen LogP contribution in [0.1, 0.15) is 67.5 Å². The van der Waals surface area contributed by atoms with Gasteiger partial charge in [0.05, 0.1) is 18.7 Å². The van der Waals surface area contributed by atoms with Crippen LogP contribution in [0.5, 0.6) is 0 Å². The first-order chi connectivity index (χ1) is 13.7. The Balaban J connectivity index is 1.67. The summed E-state index contributed by atoms with van der Waals surface area (Å²) in [6.07, 6.45) is 6.81. The lowest BCUT2D eigenvalue weighted by molar-refractivity contribution is -0.121. The Hall–Kier alpha value is -2.16. The number of carbonyl (C=O) groups excluding carboxylic acids is 1. The highest BCUT2D eigenvalue weighted by molar-refractivity contribution is 7.10. The predicted molar refractivity (Wildman–Crippen MR) is 114 cm³/mol. The van der Waals surface area contributed by atoms with Crippen LogP contribution in [-0.4, -0.2) is 18.0 Å². The molecule has 1 aromatic heterocycles. The third kappa shape index (κ3) is 5.21. The zero-order valence-electron chi connectivity index (χ0n) is 16.5. The van der Waals surface area contributed by atoms with E-state index in [4.69, 9.17) is 0 Å². The first kappa shape index (κ1) is 20.6. The van der Waals surface area contributed by atoms with Crippen molar-refractivity contribution in [3.05, 3.63) is 57.8 Å². The second-order valence-electron chi connectivity index (χ2n) is 7.58. The van der Waals surface area contributed by atoms with Gasteiger partial charge in [0.25, 0.3) is 0 Å². The number of aryl methyl sites for hydroxylation is 1. The van der Waals surface area contributed by atoms with E-state index in [2.05, 4.69) is 59.3 Å². The molecule has 1 unspecified atom stereocenters. The quantitative estimate of drug-likeness (QED) is 0.667. The van der Waals surface area contributed by atoms with Crippen molar-refractivity contribution in [3.8, 4) is 6.07 Å². The van der Waals surface area contributed by atoms with E-state index in [1.54, 1.807) is 11.3 Å². The molecule has 0 radical (unpaired) electrons. The SMILES string of the molecule is CCc1ccc(C(NCC(=O)NC2(C#N)CCCCCC2)c2cccs2)cc1. The average Bonchev–Trinajstić information content (AvgIpc) is 3.15. The van der Waals surface area contributed by atoms with E-state index >= 15 is 0 Å². The molecular weight excluding hydrogens is 366 g/mol. The largest absolute Gasteiger partial charge is 0.337 e. The number of hydrogen-bond acceptors (Lipinski definition) is 4. The molecule has 0 bridgehead atoms. The van der Waals surface area contributed by atoms with Gasteiger partial charge in [-0.05, 0) is 41.8 Å². The minimum absolute atomic E-state index is 0.0242. The number of amides is 1. The Morgan fingerprint density at radius 1 is 1.18 bits per heavy atom. The van der Waals surface area contributed by atoms with Crippen LogP contribution in [0.15, 0.2) is 41.8 Å². The molecular formula is C23H29N3OS. The van der Waals surface area contributed by atoms with Gasteiger partial charge in [-0.1, -0.05) is 62.9 Å². The highest BCUT2D eigenvalue weighted by Crippen LogP contribution is 2.28. The summed E-state index contributed by atoms with van der Waals surface area (Å²) < 4.78 is 0. The number of rotatable bonds is 7. The summed E-state index contributed by atoms with van der Waals surface area (Å²) in [5, 5.41) is 18.2. The molecule has 3 rings (SSSR count). The molecule has 1 atom stereocenters. The van der Waals surface area contributed by atoms with E-state index < -0.39 is 5.54 Å². The maximum absolute atomic E-state index is 12.7. The molecule has 4 nitrogen and oxygen atoms in total. The van der Waals surface area contributed by atoms with Gasteiger partial charge in [-0.25, -0.2) is 0 Å². The van der Waals surface area contributed by atoms with Gasteiger partial charge in [-0.15, -0.1) is 11.3 Å². The van der Waals surface area contributed by atoms with Crippen molar-refractivity contribution in [1.82, 2.24) is 10.6 Å². The Kier molecular flexibility index (Phi) is 7.24. The van der Waals surface area contributed by atoms with Crippen LogP contribution in [0, 0.1) is 11.3 Å². The van der Waals surface area contributed by atoms with Crippen LogP contribution in [0.2, 0.25) is 0 Å². The molecule has 0 aliphatic heterocycles. The number of carbonyl (C=O) groups is 1. The van der Waals surface area contributed by atoms with Crippen molar-refractivity contribution < 1.29 is 4.79 Å². The average molecular weight is 396 g/mol. The molecule has 1 fully saturated rings. The number of nitrogens with zero attached hydrogens (tertiary/aromatic N) is 1. The summed E-state index contributed by atoms with van der Waals surface area (Å²) in [6, 6.07) is 15.1. The number of benzene rings is 1. The van der Waals surface area contributed by atoms with Crippen LogP contribution in [0.25, 0.3) is 0 Å². The smallest absolute Gasteiger partial charge is 0.235 e. The summed E-state index contributed by atoms with van der Waals surface area (Å²) in [7, 11) is 0. The maximum Gasteiger partial charge on any atom is 0.235 e. The molecule has 0 spiro atoms. The van der Waals surface area contributed by atoms with Gasteiger partial charge < -0.3 is 5.32 Å². The standard InChI is InChI=1S/C23H29N3OS/c1-2-18-9-11-19(12-10-18)22(20-8-7-15-28-20)25-16-21(27)26-23(17-24)13-5-3-4-6-14-23/h7-12,15,22,25H,2-6,13-14,16H2,1H3,(H,26,27). The van der Waals surface area contributed by atoms with Crippen LogP contribution < -0.4 is 10.6 Å².